The molecule has 1 aliphatic carbocycles. The lowest BCUT2D eigenvalue weighted by molar-refractivity contribution is -0.143. The molecule has 4 rings (SSSR count). The number of hydrogen-bond donors (Lipinski definition) is 1. The summed E-state index contributed by atoms with van der Waals surface area (Å²) in [7, 11) is 0. The Hall–Kier alpha value is -3.08. The van der Waals surface area contributed by atoms with Gasteiger partial charge in [0.25, 0.3) is 0 Å². The fourth-order valence-corrected chi connectivity index (χ4v) is 5.98. The molecule has 1 saturated carbocycles. The smallest absolute Gasteiger partial charge is 0.370 e. The normalized spacial score (nSPS) is 24.1. The molecule has 2 aliphatic rings. The van der Waals surface area contributed by atoms with Crippen molar-refractivity contribution in [2.75, 3.05) is 13.1 Å². The van der Waals surface area contributed by atoms with Crippen molar-refractivity contribution in [1.82, 2.24) is 10.2 Å². The third kappa shape index (κ3) is 8.31. The van der Waals surface area contributed by atoms with Gasteiger partial charge in [-0.2, -0.15) is 26.3 Å². The first-order chi connectivity index (χ1) is 20.1. The van der Waals surface area contributed by atoms with Gasteiger partial charge in [0.05, 0.1) is 23.3 Å². The second-order valence-electron chi connectivity index (χ2n) is 12.0. The number of likely N-dealkylation sites (tertiary alicyclic amines) is 1. The van der Waals surface area contributed by atoms with Crippen molar-refractivity contribution in [3.8, 4) is 0 Å². The Kier molecular flexibility index (Phi) is 10.1. The molecule has 0 bridgehead atoms. The molecule has 2 aromatic rings. The van der Waals surface area contributed by atoms with E-state index in [-0.39, 0.29) is 47.2 Å². The summed E-state index contributed by atoms with van der Waals surface area (Å²) in [6.45, 7) is 5.80. The highest BCUT2D eigenvalue weighted by atomic mass is 19.4. The fourth-order valence-electron chi connectivity index (χ4n) is 5.98. The van der Waals surface area contributed by atoms with Crippen molar-refractivity contribution in [3.63, 3.8) is 0 Å². The third-order valence-corrected chi connectivity index (χ3v) is 8.49. The lowest BCUT2D eigenvalue weighted by Crippen LogP contribution is -2.49. The van der Waals surface area contributed by atoms with Gasteiger partial charge in [-0.3, -0.25) is 9.59 Å². The third-order valence-electron chi connectivity index (χ3n) is 8.49. The minimum Gasteiger partial charge on any atom is -0.370 e. The maximum absolute atomic E-state index is 13.6. The van der Waals surface area contributed by atoms with Crippen LogP contribution in [0.2, 0.25) is 0 Å². The highest BCUT2D eigenvalue weighted by Gasteiger charge is 2.40. The van der Waals surface area contributed by atoms with E-state index in [4.69, 9.17) is 4.74 Å². The lowest BCUT2D eigenvalue weighted by atomic mass is 9.83. The summed E-state index contributed by atoms with van der Waals surface area (Å²) >= 11 is 0. The van der Waals surface area contributed by atoms with Crippen LogP contribution >= 0.6 is 0 Å². The summed E-state index contributed by atoms with van der Waals surface area (Å²) < 4.78 is 87.0. The van der Waals surface area contributed by atoms with Crippen LogP contribution in [0.3, 0.4) is 0 Å². The van der Waals surface area contributed by atoms with Gasteiger partial charge in [0.15, 0.2) is 0 Å². The summed E-state index contributed by atoms with van der Waals surface area (Å²) in [5.74, 6) is -0.590. The molecule has 0 radical (unpaired) electrons. The molecular weight excluding hydrogens is 574 g/mol. The van der Waals surface area contributed by atoms with E-state index in [9.17, 15) is 35.9 Å². The van der Waals surface area contributed by atoms with Crippen LogP contribution in [0.1, 0.15) is 87.2 Å². The van der Waals surface area contributed by atoms with E-state index in [2.05, 4.69) is 5.32 Å². The van der Waals surface area contributed by atoms with Gasteiger partial charge in [-0.25, -0.2) is 0 Å². The van der Waals surface area contributed by atoms with Gasteiger partial charge in [0.1, 0.15) is 0 Å². The van der Waals surface area contributed by atoms with Crippen molar-refractivity contribution in [1.29, 1.82) is 0 Å². The number of hydrogen-bond acceptors (Lipinski definition) is 3. The maximum atomic E-state index is 13.6. The number of carbonyl (C=O) groups is 2. The summed E-state index contributed by atoms with van der Waals surface area (Å²) in [4.78, 5) is 27.4. The van der Waals surface area contributed by atoms with E-state index in [1.165, 1.54) is 6.92 Å². The number of amides is 2. The van der Waals surface area contributed by atoms with E-state index in [0.717, 1.165) is 5.56 Å². The minimum absolute atomic E-state index is 0.00320. The molecule has 0 unspecified atom stereocenters. The highest BCUT2D eigenvalue weighted by Crippen LogP contribution is 2.40. The van der Waals surface area contributed by atoms with Crippen LogP contribution in [0.15, 0.2) is 48.5 Å². The monoisotopic (exact) mass is 612 g/mol. The van der Waals surface area contributed by atoms with Gasteiger partial charge >= 0.3 is 12.4 Å². The number of nitrogens with zero attached hydrogens (tertiary/aromatic N) is 1. The quantitative estimate of drug-likeness (QED) is 0.329. The van der Waals surface area contributed by atoms with Crippen molar-refractivity contribution in [3.05, 3.63) is 70.8 Å². The van der Waals surface area contributed by atoms with Crippen molar-refractivity contribution in [2.45, 2.75) is 89.4 Å². The number of rotatable bonds is 7. The van der Waals surface area contributed by atoms with E-state index in [1.807, 2.05) is 44.2 Å². The molecule has 0 aromatic heterocycles. The first-order valence-electron chi connectivity index (χ1n) is 14.7. The first-order valence-corrected chi connectivity index (χ1v) is 14.7. The van der Waals surface area contributed by atoms with Crippen molar-refractivity contribution >= 4 is 11.8 Å². The summed E-state index contributed by atoms with van der Waals surface area (Å²) in [6.07, 6.45) is -8.38. The standard InChI is InChI=1S/C32H38F6N2O3/c1-19(2)29(41)39-26-11-9-22(10-12-26)30(42)40-14-13-28(27(18-40)21-7-5-4-6-8-21)43-20(3)23-15-24(31(33,34)35)17-25(16-23)32(36,37)38/h4-8,15-17,19-20,22,26-28H,9-14,18H2,1-3H3,(H,39,41)/t20-,22-,26-,27+,28+/m1/s1. The molecule has 11 heteroatoms. The predicted octanol–water partition coefficient (Wildman–Crippen LogP) is 7.52. The topological polar surface area (TPSA) is 58.6 Å². The van der Waals surface area contributed by atoms with Gasteiger partial charge in [0, 0.05) is 36.9 Å². The molecule has 1 saturated heterocycles. The average molecular weight is 613 g/mol. The Balaban J connectivity index is 1.48. The zero-order chi connectivity index (χ0) is 31.5. The minimum atomic E-state index is -4.95. The second kappa shape index (κ2) is 13.3. The van der Waals surface area contributed by atoms with E-state index in [0.29, 0.717) is 57.3 Å². The molecule has 1 aliphatic heterocycles. The number of piperidine rings is 1. The number of carbonyl (C=O) groups excluding carboxylic acids is 2. The molecule has 236 valence electrons. The Morgan fingerprint density at radius 1 is 0.860 bits per heavy atom. The molecule has 1 heterocycles. The molecule has 1 N–H and O–H groups in total. The molecule has 43 heavy (non-hydrogen) atoms. The highest BCUT2D eigenvalue weighted by molar-refractivity contribution is 5.80. The van der Waals surface area contributed by atoms with Crippen LogP contribution in [0.5, 0.6) is 0 Å². The number of nitrogens with one attached hydrogen (secondary N) is 1. The molecule has 2 aromatic carbocycles. The van der Waals surface area contributed by atoms with E-state index in [1.54, 1.807) is 4.90 Å². The van der Waals surface area contributed by atoms with Gasteiger partial charge in [0.2, 0.25) is 11.8 Å². The zero-order valence-corrected chi connectivity index (χ0v) is 24.5. The van der Waals surface area contributed by atoms with Crippen molar-refractivity contribution < 1.29 is 40.7 Å². The summed E-state index contributed by atoms with van der Waals surface area (Å²) in [6, 6.07) is 10.8. The molecule has 5 nitrogen and oxygen atoms in total. The van der Waals surface area contributed by atoms with Crippen LogP contribution in [0.25, 0.3) is 0 Å². The van der Waals surface area contributed by atoms with Gasteiger partial charge in [-0.15, -0.1) is 0 Å². The zero-order valence-electron chi connectivity index (χ0n) is 24.5. The number of halogens is 6. The summed E-state index contributed by atoms with van der Waals surface area (Å²) in [5.41, 5.74) is -2.11. The molecule has 2 amide bonds. The SMILES string of the molecule is CC(C)C(=O)N[C@H]1CC[C@H](C(=O)N2CC[C@H](O[C@H](C)c3cc(C(F)(F)F)cc(C(F)(F)F)c3)[C@H](c3ccccc3)C2)CC1. The number of alkyl halides is 6. The van der Waals surface area contributed by atoms with Crippen LogP contribution in [0.4, 0.5) is 26.3 Å². The van der Waals surface area contributed by atoms with Crippen molar-refractivity contribution in [2.24, 2.45) is 11.8 Å². The maximum Gasteiger partial charge on any atom is 0.416 e. The Labute approximate surface area is 248 Å². The fraction of sp³-hybridized carbons (Fsp3) is 0.562. The lowest BCUT2D eigenvalue weighted by Gasteiger charge is -2.42. The Morgan fingerprint density at radius 2 is 1.44 bits per heavy atom. The van der Waals surface area contributed by atoms with E-state index < -0.39 is 35.7 Å². The van der Waals surface area contributed by atoms with E-state index >= 15 is 0 Å². The molecule has 2 fully saturated rings. The van der Waals surface area contributed by atoms with Gasteiger partial charge < -0.3 is 15.0 Å². The predicted molar refractivity (Wildman–Crippen MR) is 149 cm³/mol. The summed E-state index contributed by atoms with van der Waals surface area (Å²) in [5, 5.41) is 3.04. The second-order valence-corrected chi connectivity index (χ2v) is 12.0. The Bertz CT molecular complexity index is 1220. The first kappa shape index (κ1) is 32.8. The average Bonchev–Trinajstić information content (AvgIpc) is 2.96. The van der Waals surface area contributed by atoms with Crippen LogP contribution in [-0.2, 0) is 26.7 Å². The molecule has 0 spiro atoms. The molecule has 3 atom stereocenters. The number of ether oxygens (including phenoxy) is 1. The Morgan fingerprint density at radius 3 is 1.98 bits per heavy atom. The number of benzene rings is 2. The van der Waals surface area contributed by atoms with Crippen LogP contribution in [0, 0.1) is 11.8 Å². The van der Waals surface area contributed by atoms with Gasteiger partial charge in [-0.1, -0.05) is 44.2 Å². The van der Waals surface area contributed by atoms with Crippen LogP contribution < -0.4 is 5.32 Å². The largest absolute Gasteiger partial charge is 0.416 e. The molecular formula is C32H38F6N2O3. The van der Waals surface area contributed by atoms with Gasteiger partial charge in [-0.05, 0) is 68.4 Å². The van der Waals surface area contributed by atoms with Crippen LogP contribution in [-0.4, -0.2) is 41.9 Å².